The molecule has 2 nitrogen and oxygen atoms in total. The fraction of sp³-hybridized carbons (Fsp3) is 0.727. The number of allylic oxidation sites excluding steroid dienone is 1. The Hall–Kier alpha value is -0.790. The van der Waals surface area contributed by atoms with Gasteiger partial charge in [-0.05, 0) is 38.0 Å². The maximum atomic E-state index is 11.9. The predicted octanol–water partition coefficient (Wildman–Crippen LogP) is 1.72. The van der Waals surface area contributed by atoms with Gasteiger partial charge in [-0.1, -0.05) is 6.08 Å². The average molecular weight is 177 g/mol. The van der Waals surface area contributed by atoms with E-state index in [4.69, 9.17) is 0 Å². The second kappa shape index (κ2) is 2.60. The summed E-state index contributed by atoms with van der Waals surface area (Å²) < 4.78 is 0. The number of hydrogen-bond acceptors (Lipinski definition) is 1. The van der Waals surface area contributed by atoms with Gasteiger partial charge in [0.1, 0.15) is 0 Å². The maximum Gasteiger partial charge on any atom is 0.249 e. The number of rotatable bonds is 1. The van der Waals surface area contributed by atoms with Crippen LogP contribution in [-0.4, -0.2) is 23.4 Å². The molecule has 13 heavy (non-hydrogen) atoms. The molecule has 2 atom stereocenters. The van der Waals surface area contributed by atoms with Crippen LogP contribution in [0.25, 0.3) is 0 Å². The molecule has 2 heteroatoms. The van der Waals surface area contributed by atoms with Gasteiger partial charge in [0.05, 0.1) is 0 Å². The number of hydrogen-bond donors (Lipinski definition) is 0. The molecule has 0 N–H and O–H groups in total. The largest absolute Gasteiger partial charge is 0.336 e. The molecule has 1 heterocycles. The quantitative estimate of drug-likeness (QED) is 0.597. The van der Waals surface area contributed by atoms with E-state index < -0.39 is 0 Å². The summed E-state index contributed by atoms with van der Waals surface area (Å²) in [6.07, 6.45) is 8.11. The Balaban J connectivity index is 1.75. The zero-order chi connectivity index (χ0) is 8.84. The highest BCUT2D eigenvalue weighted by Gasteiger charge is 2.41. The summed E-state index contributed by atoms with van der Waals surface area (Å²) in [6.45, 7) is 1.04. The first-order valence-corrected chi connectivity index (χ1v) is 5.34. The maximum absolute atomic E-state index is 11.9. The molecule has 2 unspecified atom stereocenters. The van der Waals surface area contributed by atoms with Gasteiger partial charge in [-0.3, -0.25) is 4.79 Å². The first-order chi connectivity index (χ1) is 6.34. The zero-order valence-corrected chi connectivity index (χ0v) is 7.83. The molecule has 3 aliphatic rings. The summed E-state index contributed by atoms with van der Waals surface area (Å²) in [4.78, 5) is 14.0. The van der Waals surface area contributed by atoms with Crippen molar-refractivity contribution in [2.24, 2.45) is 5.92 Å². The number of carbonyl (C=O) groups is 1. The van der Waals surface area contributed by atoms with E-state index in [1.54, 1.807) is 0 Å². The molecule has 0 spiro atoms. The van der Waals surface area contributed by atoms with Crippen LogP contribution in [0.5, 0.6) is 0 Å². The standard InChI is InChI=1S/C11H15NO/c13-11(9-2-1-3-9)12-7-8-4-5-10(12)6-8/h2,8,10H,1,3-7H2. The summed E-state index contributed by atoms with van der Waals surface area (Å²) in [5, 5.41) is 0. The number of piperidine rings is 1. The van der Waals surface area contributed by atoms with E-state index in [1.165, 1.54) is 19.3 Å². The molecular weight excluding hydrogens is 162 g/mol. The minimum Gasteiger partial charge on any atom is -0.336 e. The molecule has 0 aromatic heterocycles. The topological polar surface area (TPSA) is 20.3 Å². The van der Waals surface area contributed by atoms with E-state index >= 15 is 0 Å². The number of likely N-dealkylation sites (tertiary alicyclic amines) is 1. The molecule has 2 bridgehead atoms. The highest BCUT2D eigenvalue weighted by molar-refractivity contribution is 5.95. The minimum absolute atomic E-state index is 0.346. The monoisotopic (exact) mass is 177 g/mol. The summed E-state index contributed by atoms with van der Waals surface area (Å²) in [7, 11) is 0. The van der Waals surface area contributed by atoms with E-state index in [0.29, 0.717) is 11.9 Å². The molecule has 1 saturated heterocycles. The third kappa shape index (κ3) is 1.04. The number of carbonyl (C=O) groups excluding carboxylic acids is 1. The van der Waals surface area contributed by atoms with E-state index in [9.17, 15) is 4.79 Å². The third-order valence-corrected chi connectivity index (χ3v) is 3.75. The molecule has 0 radical (unpaired) electrons. The van der Waals surface area contributed by atoms with E-state index in [1.807, 2.05) is 0 Å². The van der Waals surface area contributed by atoms with Crippen molar-refractivity contribution in [3.63, 3.8) is 0 Å². The van der Waals surface area contributed by atoms with Crippen molar-refractivity contribution in [1.82, 2.24) is 4.90 Å². The third-order valence-electron chi connectivity index (χ3n) is 3.75. The van der Waals surface area contributed by atoms with Crippen molar-refractivity contribution in [3.8, 4) is 0 Å². The average Bonchev–Trinajstić information content (AvgIpc) is 2.59. The number of nitrogens with zero attached hydrogens (tertiary/aromatic N) is 1. The fourth-order valence-corrected chi connectivity index (χ4v) is 2.84. The predicted molar refractivity (Wildman–Crippen MR) is 50.2 cm³/mol. The Bertz CT molecular complexity index is 282. The molecule has 2 fully saturated rings. The molecule has 70 valence electrons. The van der Waals surface area contributed by atoms with Crippen LogP contribution >= 0.6 is 0 Å². The van der Waals surface area contributed by atoms with Gasteiger partial charge >= 0.3 is 0 Å². The van der Waals surface area contributed by atoms with Crippen LogP contribution in [0.2, 0.25) is 0 Å². The molecule has 2 aliphatic carbocycles. The fourth-order valence-electron chi connectivity index (χ4n) is 2.84. The Labute approximate surface area is 78.6 Å². The van der Waals surface area contributed by atoms with Gasteiger partial charge in [-0.2, -0.15) is 0 Å². The van der Waals surface area contributed by atoms with Crippen LogP contribution in [0.15, 0.2) is 11.6 Å². The molecule has 0 aromatic carbocycles. The highest BCUT2D eigenvalue weighted by atomic mass is 16.2. The second-order valence-electron chi connectivity index (χ2n) is 4.56. The van der Waals surface area contributed by atoms with Crippen LogP contribution in [0, 0.1) is 5.92 Å². The minimum atomic E-state index is 0.346. The summed E-state index contributed by atoms with van der Waals surface area (Å²) in [6, 6.07) is 0.596. The van der Waals surface area contributed by atoms with Crippen LogP contribution in [-0.2, 0) is 4.79 Å². The van der Waals surface area contributed by atoms with Gasteiger partial charge in [-0.25, -0.2) is 0 Å². The van der Waals surface area contributed by atoms with E-state index in [2.05, 4.69) is 11.0 Å². The Morgan fingerprint density at radius 1 is 1.46 bits per heavy atom. The lowest BCUT2D eigenvalue weighted by Crippen LogP contribution is -2.39. The number of fused-ring (bicyclic) bond motifs is 2. The van der Waals surface area contributed by atoms with Crippen molar-refractivity contribution >= 4 is 5.91 Å². The molecule has 1 amide bonds. The van der Waals surface area contributed by atoms with Gasteiger partial charge in [0.15, 0.2) is 0 Å². The van der Waals surface area contributed by atoms with Crippen molar-refractivity contribution < 1.29 is 4.79 Å². The van der Waals surface area contributed by atoms with Crippen molar-refractivity contribution in [3.05, 3.63) is 11.6 Å². The normalized spacial score (nSPS) is 36.0. The smallest absolute Gasteiger partial charge is 0.249 e. The van der Waals surface area contributed by atoms with Crippen LogP contribution in [0.3, 0.4) is 0 Å². The van der Waals surface area contributed by atoms with Crippen LogP contribution in [0.4, 0.5) is 0 Å². The van der Waals surface area contributed by atoms with Gasteiger partial charge in [0.2, 0.25) is 5.91 Å². The molecule has 1 aliphatic heterocycles. The Morgan fingerprint density at radius 3 is 2.77 bits per heavy atom. The lowest BCUT2D eigenvalue weighted by molar-refractivity contribution is -0.129. The van der Waals surface area contributed by atoms with Gasteiger partial charge in [-0.15, -0.1) is 0 Å². The highest BCUT2D eigenvalue weighted by Crippen LogP contribution is 2.38. The van der Waals surface area contributed by atoms with Gasteiger partial charge in [0.25, 0.3) is 0 Å². The van der Waals surface area contributed by atoms with E-state index in [0.717, 1.165) is 30.9 Å². The molecule has 1 saturated carbocycles. The summed E-state index contributed by atoms with van der Waals surface area (Å²) >= 11 is 0. The zero-order valence-electron chi connectivity index (χ0n) is 7.83. The molecular formula is C11H15NO. The van der Waals surface area contributed by atoms with Gasteiger partial charge in [0, 0.05) is 18.2 Å². The Kier molecular flexibility index (Phi) is 1.52. The SMILES string of the molecule is O=C(C1=CCC1)N1CC2CCC1C2. The van der Waals surface area contributed by atoms with Crippen LogP contribution in [0.1, 0.15) is 32.1 Å². The van der Waals surface area contributed by atoms with E-state index in [-0.39, 0.29) is 0 Å². The Morgan fingerprint density at radius 2 is 2.31 bits per heavy atom. The molecule has 3 rings (SSSR count). The molecule has 0 aromatic rings. The van der Waals surface area contributed by atoms with Gasteiger partial charge < -0.3 is 4.90 Å². The first kappa shape index (κ1) is 7.60. The van der Waals surface area contributed by atoms with Crippen molar-refractivity contribution in [2.75, 3.05) is 6.54 Å². The first-order valence-electron chi connectivity index (χ1n) is 5.34. The van der Waals surface area contributed by atoms with Crippen molar-refractivity contribution in [1.29, 1.82) is 0 Å². The lowest BCUT2D eigenvalue weighted by atomic mass is 9.97. The number of amides is 1. The summed E-state index contributed by atoms with van der Waals surface area (Å²) in [5.41, 5.74) is 1.08. The van der Waals surface area contributed by atoms with Crippen molar-refractivity contribution in [2.45, 2.75) is 38.1 Å². The lowest BCUT2D eigenvalue weighted by Gasteiger charge is -2.29. The second-order valence-corrected chi connectivity index (χ2v) is 4.56. The summed E-state index contributed by atoms with van der Waals surface area (Å²) in [5.74, 6) is 1.17. The van der Waals surface area contributed by atoms with Crippen LogP contribution < -0.4 is 0 Å².